The lowest BCUT2D eigenvalue weighted by atomic mass is 10.6. The normalized spacial score (nSPS) is 9.31. The van der Waals surface area contributed by atoms with E-state index >= 15 is 0 Å². The fourth-order valence-corrected chi connectivity index (χ4v) is 0.656. The van der Waals surface area contributed by atoms with Crippen molar-refractivity contribution in [3.8, 4) is 0 Å². The molecule has 0 radical (unpaired) electrons. The molecule has 0 aliphatic carbocycles. The molecule has 13 heavy (non-hydrogen) atoms. The average molecular weight is 204 g/mol. The van der Waals surface area contributed by atoms with Crippen LogP contribution in [-0.2, 0) is 4.79 Å². The molecule has 0 fully saturated rings. The number of imide groups is 1. The monoisotopic (exact) mass is 203 g/mol. The van der Waals surface area contributed by atoms with Crippen molar-refractivity contribution in [2.45, 2.75) is 0 Å². The summed E-state index contributed by atoms with van der Waals surface area (Å²) in [6, 6.07) is -0.672. The van der Waals surface area contributed by atoms with Gasteiger partial charge in [0.25, 0.3) is 0 Å². The van der Waals surface area contributed by atoms with Gasteiger partial charge in [0.15, 0.2) is 0 Å². The number of aromatic nitrogens is 1. The van der Waals surface area contributed by atoms with Crippen LogP contribution in [0.3, 0.4) is 0 Å². The number of anilines is 1. The number of urea groups is 1. The molecule has 7 heteroatoms. The van der Waals surface area contributed by atoms with Gasteiger partial charge in [-0.15, -0.1) is 11.6 Å². The second kappa shape index (κ2) is 4.46. The van der Waals surface area contributed by atoms with Gasteiger partial charge in [0.2, 0.25) is 5.91 Å². The van der Waals surface area contributed by atoms with Gasteiger partial charge >= 0.3 is 6.03 Å². The molecule has 0 saturated heterocycles. The summed E-state index contributed by atoms with van der Waals surface area (Å²) in [7, 11) is 0. The van der Waals surface area contributed by atoms with E-state index in [-0.39, 0.29) is 5.88 Å². The van der Waals surface area contributed by atoms with E-state index in [1.807, 2.05) is 5.32 Å². The van der Waals surface area contributed by atoms with Gasteiger partial charge in [-0.3, -0.25) is 10.1 Å². The largest absolute Gasteiger partial charge is 0.363 e. The third kappa shape index (κ3) is 3.12. The first-order valence-corrected chi connectivity index (χ1v) is 3.82. The molecule has 0 aromatic carbocycles. The topological polar surface area (TPSA) is 84.2 Å². The molecule has 1 heterocycles. The lowest BCUT2D eigenvalue weighted by Crippen LogP contribution is -2.34. The Bertz CT molecular complexity index is 298. The maximum atomic E-state index is 10.9. The van der Waals surface area contributed by atoms with Crippen LogP contribution >= 0.6 is 11.6 Å². The van der Waals surface area contributed by atoms with Gasteiger partial charge in [-0.25, -0.2) is 4.79 Å². The summed E-state index contributed by atoms with van der Waals surface area (Å²) in [6.07, 6.45) is 2.52. The van der Waals surface area contributed by atoms with Crippen LogP contribution in [0.4, 0.5) is 10.5 Å². The number of halogens is 1. The third-order valence-corrected chi connectivity index (χ3v) is 1.31. The average Bonchev–Trinajstić information content (AvgIpc) is 2.56. The van der Waals surface area contributed by atoms with Crippen molar-refractivity contribution in [3.63, 3.8) is 0 Å². The number of rotatable bonds is 2. The fraction of sp³-hybridized carbons (Fsp3) is 0.167. The number of carbonyl (C=O) groups excluding carboxylic acids is 2. The standard InChI is InChI=1S/C6H6ClN3O3/c7-1-5(11)10-6(12)9-4-2-8-13-3-4/h2-3H,1H2,(H2,9,10,11,12). The maximum Gasteiger partial charge on any atom is 0.326 e. The highest BCUT2D eigenvalue weighted by Crippen LogP contribution is 2.02. The molecule has 0 bridgehead atoms. The molecule has 6 nitrogen and oxygen atoms in total. The predicted molar refractivity (Wildman–Crippen MR) is 44.4 cm³/mol. The molecule has 0 spiro atoms. The number of hydrogen-bond donors (Lipinski definition) is 2. The summed E-state index contributed by atoms with van der Waals surface area (Å²) < 4.78 is 4.44. The van der Waals surface area contributed by atoms with Crippen LogP contribution in [0.25, 0.3) is 0 Å². The van der Waals surface area contributed by atoms with Crippen LogP contribution in [0.15, 0.2) is 17.0 Å². The van der Waals surface area contributed by atoms with E-state index in [1.165, 1.54) is 12.5 Å². The van der Waals surface area contributed by atoms with Crippen LogP contribution in [0.5, 0.6) is 0 Å². The van der Waals surface area contributed by atoms with E-state index in [9.17, 15) is 9.59 Å². The molecule has 1 rings (SSSR count). The highest BCUT2D eigenvalue weighted by Gasteiger charge is 2.06. The van der Waals surface area contributed by atoms with Crippen LogP contribution < -0.4 is 10.6 Å². The molecule has 0 aliphatic rings. The van der Waals surface area contributed by atoms with Gasteiger partial charge < -0.3 is 9.84 Å². The molecule has 0 unspecified atom stereocenters. The number of amides is 3. The number of hydrogen-bond acceptors (Lipinski definition) is 4. The molecule has 1 aromatic heterocycles. The Labute approximate surface area is 78.2 Å². The van der Waals surface area contributed by atoms with Gasteiger partial charge in [-0.2, -0.15) is 0 Å². The predicted octanol–water partition coefficient (Wildman–Crippen LogP) is 0.562. The van der Waals surface area contributed by atoms with Gasteiger partial charge in [0.1, 0.15) is 17.8 Å². The molecule has 0 aliphatic heterocycles. The van der Waals surface area contributed by atoms with Crippen LogP contribution in [0.1, 0.15) is 0 Å². The Morgan fingerprint density at radius 3 is 2.92 bits per heavy atom. The van der Waals surface area contributed by atoms with E-state index in [2.05, 4.69) is 15.0 Å². The van der Waals surface area contributed by atoms with E-state index < -0.39 is 11.9 Å². The highest BCUT2D eigenvalue weighted by molar-refractivity contribution is 6.28. The number of alkyl halides is 1. The van der Waals surface area contributed by atoms with Gasteiger partial charge in [0.05, 0.1) is 6.20 Å². The fourth-order valence-electron chi connectivity index (χ4n) is 0.589. The number of nitrogens with zero attached hydrogens (tertiary/aromatic N) is 1. The molecule has 0 atom stereocenters. The minimum Gasteiger partial charge on any atom is -0.363 e. The summed E-state index contributed by atoms with van der Waals surface area (Å²) >= 11 is 5.16. The molecule has 1 aromatic rings. The summed E-state index contributed by atoms with van der Waals surface area (Å²) in [6.45, 7) is 0. The number of carbonyl (C=O) groups is 2. The molecule has 70 valence electrons. The first kappa shape index (κ1) is 9.53. The minimum absolute atomic E-state index is 0.267. The number of nitrogens with one attached hydrogen (secondary N) is 2. The molecular weight excluding hydrogens is 198 g/mol. The zero-order chi connectivity index (χ0) is 9.68. The molecule has 3 amide bonds. The third-order valence-electron chi connectivity index (χ3n) is 1.06. The second-order valence-electron chi connectivity index (χ2n) is 2.05. The van der Waals surface area contributed by atoms with Crippen LogP contribution in [0.2, 0.25) is 0 Å². The zero-order valence-electron chi connectivity index (χ0n) is 6.41. The lowest BCUT2D eigenvalue weighted by Gasteiger charge is -2.00. The summed E-state index contributed by atoms with van der Waals surface area (Å²) in [5, 5.41) is 7.62. The molecular formula is C6H6ClN3O3. The van der Waals surface area contributed by atoms with Gasteiger partial charge in [-0.05, 0) is 0 Å². The Morgan fingerprint density at radius 2 is 2.38 bits per heavy atom. The van der Waals surface area contributed by atoms with Gasteiger partial charge in [0, 0.05) is 0 Å². The minimum atomic E-state index is -0.672. The second-order valence-corrected chi connectivity index (χ2v) is 2.32. The Balaban J connectivity index is 2.38. The Morgan fingerprint density at radius 1 is 1.62 bits per heavy atom. The van der Waals surface area contributed by atoms with Crippen molar-refractivity contribution >= 4 is 29.2 Å². The SMILES string of the molecule is O=C(CCl)NC(=O)Nc1cnoc1. The van der Waals surface area contributed by atoms with E-state index in [0.29, 0.717) is 5.69 Å². The van der Waals surface area contributed by atoms with Crippen molar-refractivity contribution in [2.24, 2.45) is 0 Å². The molecule has 0 saturated carbocycles. The van der Waals surface area contributed by atoms with Crippen molar-refractivity contribution in [1.29, 1.82) is 0 Å². The summed E-state index contributed by atoms with van der Waals surface area (Å²) in [4.78, 5) is 21.5. The van der Waals surface area contributed by atoms with Crippen molar-refractivity contribution in [1.82, 2.24) is 10.5 Å². The molecule has 2 N–H and O–H groups in total. The summed E-state index contributed by atoms with van der Waals surface area (Å²) in [5.74, 6) is -0.840. The Kier molecular flexibility index (Phi) is 3.27. The van der Waals surface area contributed by atoms with Crippen LogP contribution in [0, 0.1) is 0 Å². The van der Waals surface area contributed by atoms with Crippen molar-refractivity contribution < 1.29 is 14.1 Å². The maximum absolute atomic E-state index is 10.9. The first-order chi connectivity index (χ1) is 6.22. The quantitative estimate of drug-likeness (QED) is 0.688. The van der Waals surface area contributed by atoms with Crippen LogP contribution in [-0.4, -0.2) is 23.0 Å². The Hall–Kier alpha value is -1.56. The highest BCUT2D eigenvalue weighted by atomic mass is 35.5. The van der Waals surface area contributed by atoms with E-state index in [4.69, 9.17) is 11.6 Å². The lowest BCUT2D eigenvalue weighted by molar-refractivity contribution is -0.117. The van der Waals surface area contributed by atoms with E-state index in [0.717, 1.165) is 0 Å². The smallest absolute Gasteiger partial charge is 0.326 e. The first-order valence-electron chi connectivity index (χ1n) is 3.28. The van der Waals surface area contributed by atoms with Gasteiger partial charge in [-0.1, -0.05) is 5.16 Å². The zero-order valence-corrected chi connectivity index (χ0v) is 7.17. The van der Waals surface area contributed by atoms with Crippen molar-refractivity contribution in [3.05, 3.63) is 12.5 Å². The van der Waals surface area contributed by atoms with Crippen molar-refractivity contribution in [2.75, 3.05) is 11.2 Å². The summed E-state index contributed by atoms with van der Waals surface area (Å²) in [5.41, 5.74) is 0.361. The van der Waals surface area contributed by atoms with E-state index in [1.54, 1.807) is 0 Å².